The molecule has 0 saturated carbocycles. The van der Waals surface area contributed by atoms with Crippen molar-refractivity contribution in [3.05, 3.63) is 99.6 Å². The van der Waals surface area contributed by atoms with Crippen LogP contribution in [0.15, 0.2) is 72.8 Å². The Bertz CT molecular complexity index is 1270. The minimum atomic E-state index is -1.03. The Morgan fingerprint density at radius 3 is 2.33 bits per heavy atom. The van der Waals surface area contributed by atoms with Gasteiger partial charge in [-0.15, -0.1) is 0 Å². The van der Waals surface area contributed by atoms with Gasteiger partial charge in [0.1, 0.15) is 5.92 Å². The zero-order chi connectivity index (χ0) is 23.3. The Kier molecular flexibility index (Phi) is 4.94. The molecule has 0 aliphatic carbocycles. The number of hydrogen-bond acceptors (Lipinski definition) is 6. The summed E-state index contributed by atoms with van der Waals surface area (Å²) in [5.74, 6) is -1.58. The monoisotopic (exact) mass is 443 g/mol. The quantitative estimate of drug-likeness (QED) is 0.340. The van der Waals surface area contributed by atoms with E-state index in [9.17, 15) is 19.7 Å². The second-order valence-electron chi connectivity index (χ2n) is 8.31. The van der Waals surface area contributed by atoms with Crippen LogP contribution in [0, 0.1) is 29.9 Å². The number of anilines is 2. The molecule has 0 bridgehead atoms. The van der Waals surface area contributed by atoms with Crippen molar-refractivity contribution in [2.24, 2.45) is 5.92 Å². The van der Waals surface area contributed by atoms with Crippen molar-refractivity contribution >= 4 is 28.9 Å². The van der Waals surface area contributed by atoms with E-state index < -0.39 is 28.9 Å². The fourth-order valence-electron chi connectivity index (χ4n) is 4.54. The van der Waals surface area contributed by atoms with Gasteiger partial charge in [0.2, 0.25) is 5.91 Å². The van der Waals surface area contributed by atoms with Gasteiger partial charge in [0.25, 0.3) is 11.6 Å². The number of nitro groups is 1. The molecule has 0 aromatic heterocycles. The highest BCUT2D eigenvalue weighted by Crippen LogP contribution is 2.48. The van der Waals surface area contributed by atoms with Gasteiger partial charge in [0.05, 0.1) is 22.3 Å². The van der Waals surface area contributed by atoms with Crippen LogP contribution in [0.3, 0.4) is 0 Å². The highest BCUT2D eigenvalue weighted by Gasteiger charge is 2.60. The van der Waals surface area contributed by atoms with Crippen LogP contribution in [0.5, 0.6) is 0 Å². The number of aryl methyl sites for hydroxylation is 2. The lowest BCUT2D eigenvalue weighted by molar-refractivity contribution is -0.384. The van der Waals surface area contributed by atoms with Crippen LogP contribution in [0.2, 0.25) is 0 Å². The average molecular weight is 443 g/mol. The van der Waals surface area contributed by atoms with Crippen LogP contribution in [0.25, 0.3) is 0 Å². The number of fused-ring (bicyclic) bond motifs is 1. The number of hydrogen-bond donors (Lipinski definition) is 0. The number of hydroxylamine groups is 1. The molecule has 2 saturated heterocycles. The summed E-state index contributed by atoms with van der Waals surface area (Å²) in [6.07, 6.45) is -1.03. The fourth-order valence-corrected chi connectivity index (χ4v) is 4.54. The predicted molar refractivity (Wildman–Crippen MR) is 122 cm³/mol. The molecule has 2 heterocycles. The summed E-state index contributed by atoms with van der Waals surface area (Å²) in [5.41, 5.74) is 3.48. The molecular formula is C25H21N3O5. The summed E-state index contributed by atoms with van der Waals surface area (Å²) in [6, 6.07) is 20.2. The van der Waals surface area contributed by atoms with Crippen molar-refractivity contribution in [1.82, 2.24) is 0 Å². The first-order valence-corrected chi connectivity index (χ1v) is 10.6. The fraction of sp³-hybridized carbons (Fsp3) is 0.200. The van der Waals surface area contributed by atoms with Gasteiger partial charge in [-0.3, -0.25) is 24.5 Å². The number of amides is 2. The van der Waals surface area contributed by atoms with Gasteiger partial charge in [0.15, 0.2) is 6.10 Å². The summed E-state index contributed by atoms with van der Waals surface area (Å²) in [6.45, 7) is 3.80. The topological polar surface area (TPSA) is 93.0 Å². The molecule has 5 rings (SSSR count). The average Bonchev–Trinajstić information content (AvgIpc) is 3.31. The van der Waals surface area contributed by atoms with Crippen LogP contribution >= 0.6 is 0 Å². The lowest BCUT2D eigenvalue weighted by atomic mass is 9.90. The van der Waals surface area contributed by atoms with E-state index in [2.05, 4.69) is 0 Å². The highest BCUT2D eigenvalue weighted by atomic mass is 16.7. The van der Waals surface area contributed by atoms with Crippen molar-refractivity contribution in [2.75, 3.05) is 9.96 Å². The van der Waals surface area contributed by atoms with E-state index in [1.54, 1.807) is 24.3 Å². The molecule has 0 spiro atoms. The number of nitro benzene ring substituents is 1. The van der Waals surface area contributed by atoms with Crippen molar-refractivity contribution in [3.63, 3.8) is 0 Å². The predicted octanol–water partition coefficient (Wildman–Crippen LogP) is 4.26. The third-order valence-electron chi connectivity index (χ3n) is 6.19. The van der Waals surface area contributed by atoms with Gasteiger partial charge in [-0.25, -0.2) is 9.96 Å². The lowest BCUT2D eigenvalue weighted by Gasteiger charge is -2.29. The van der Waals surface area contributed by atoms with Crippen molar-refractivity contribution < 1.29 is 19.3 Å². The van der Waals surface area contributed by atoms with Gasteiger partial charge in [-0.05, 0) is 37.1 Å². The molecule has 0 radical (unpaired) electrons. The van der Waals surface area contributed by atoms with E-state index in [0.717, 1.165) is 16.7 Å². The number of para-hydroxylation sites is 1. The van der Waals surface area contributed by atoms with Crippen molar-refractivity contribution in [2.45, 2.75) is 26.0 Å². The molecule has 3 atom stereocenters. The summed E-state index contributed by atoms with van der Waals surface area (Å²) in [5, 5.41) is 12.8. The standard InChI is InChI=1S/C25H21N3O5/c1-15-10-12-17(13-11-15)22-21-23(33-27(22)18-7-5-8-19(14-18)28(31)32)25(30)26(24(21)29)20-9-4-3-6-16(20)2/h3-14,21-23H,1-2H3/t21-,22-,23-/m1/s1. The molecule has 166 valence electrons. The van der Waals surface area contributed by atoms with E-state index in [1.807, 2.05) is 50.2 Å². The maximum atomic E-state index is 13.6. The van der Waals surface area contributed by atoms with Crippen molar-refractivity contribution in [1.29, 1.82) is 0 Å². The summed E-state index contributed by atoms with van der Waals surface area (Å²) in [7, 11) is 0. The molecule has 8 nitrogen and oxygen atoms in total. The van der Waals surface area contributed by atoms with E-state index >= 15 is 0 Å². The number of imide groups is 1. The second kappa shape index (κ2) is 7.83. The van der Waals surface area contributed by atoms with Gasteiger partial charge >= 0.3 is 0 Å². The molecular weight excluding hydrogens is 422 g/mol. The maximum absolute atomic E-state index is 13.6. The number of carbonyl (C=O) groups excluding carboxylic acids is 2. The number of non-ortho nitro benzene ring substituents is 1. The lowest BCUT2D eigenvalue weighted by Crippen LogP contribution is -2.37. The van der Waals surface area contributed by atoms with E-state index in [4.69, 9.17) is 4.84 Å². The first-order chi connectivity index (χ1) is 15.9. The summed E-state index contributed by atoms with van der Waals surface area (Å²) < 4.78 is 0. The third-order valence-corrected chi connectivity index (χ3v) is 6.19. The Morgan fingerprint density at radius 1 is 0.909 bits per heavy atom. The Morgan fingerprint density at radius 2 is 1.64 bits per heavy atom. The molecule has 2 fully saturated rings. The van der Waals surface area contributed by atoms with Crippen molar-refractivity contribution in [3.8, 4) is 0 Å². The van der Waals surface area contributed by atoms with Gasteiger partial charge in [-0.2, -0.15) is 0 Å². The number of nitrogens with zero attached hydrogens (tertiary/aromatic N) is 3. The molecule has 3 aromatic rings. The summed E-state index contributed by atoms with van der Waals surface area (Å²) in [4.78, 5) is 45.1. The minimum Gasteiger partial charge on any atom is -0.273 e. The molecule has 33 heavy (non-hydrogen) atoms. The Balaban J connectivity index is 1.61. The number of rotatable bonds is 4. The van der Waals surface area contributed by atoms with E-state index in [0.29, 0.717) is 11.4 Å². The number of carbonyl (C=O) groups is 2. The van der Waals surface area contributed by atoms with Crippen LogP contribution in [-0.2, 0) is 14.4 Å². The zero-order valence-electron chi connectivity index (χ0n) is 18.0. The molecule has 2 aliphatic rings. The minimum absolute atomic E-state index is 0.102. The second-order valence-corrected chi connectivity index (χ2v) is 8.31. The molecule has 0 unspecified atom stereocenters. The first-order valence-electron chi connectivity index (χ1n) is 10.6. The highest BCUT2D eigenvalue weighted by molar-refractivity contribution is 6.24. The molecule has 3 aromatic carbocycles. The van der Waals surface area contributed by atoms with E-state index in [1.165, 1.54) is 22.1 Å². The number of benzene rings is 3. The maximum Gasteiger partial charge on any atom is 0.271 e. The Hall–Kier alpha value is -4.04. The van der Waals surface area contributed by atoms with Gasteiger partial charge in [0, 0.05) is 12.1 Å². The molecule has 0 N–H and O–H groups in total. The van der Waals surface area contributed by atoms with Crippen LogP contribution in [-0.4, -0.2) is 22.8 Å². The SMILES string of the molecule is Cc1ccc([C@@H]2[C@H]3C(=O)N(c4ccccc4C)C(=O)[C@@H]3ON2c2cccc([N+](=O)[O-])c2)cc1. The summed E-state index contributed by atoms with van der Waals surface area (Å²) >= 11 is 0. The molecule has 8 heteroatoms. The molecule has 2 aliphatic heterocycles. The van der Waals surface area contributed by atoms with Crippen LogP contribution < -0.4 is 9.96 Å². The normalized spacial score (nSPS) is 22.1. The largest absolute Gasteiger partial charge is 0.273 e. The van der Waals surface area contributed by atoms with Crippen LogP contribution in [0.4, 0.5) is 17.1 Å². The first kappa shape index (κ1) is 20.8. The molecule has 2 amide bonds. The van der Waals surface area contributed by atoms with E-state index in [-0.39, 0.29) is 11.6 Å². The van der Waals surface area contributed by atoms with Crippen LogP contribution in [0.1, 0.15) is 22.7 Å². The van der Waals surface area contributed by atoms with Gasteiger partial charge < -0.3 is 0 Å². The smallest absolute Gasteiger partial charge is 0.271 e. The zero-order valence-corrected chi connectivity index (χ0v) is 18.0. The third kappa shape index (κ3) is 3.35. The van der Waals surface area contributed by atoms with Gasteiger partial charge in [-0.1, -0.05) is 54.1 Å². The Labute approximate surface area is 190 Å².